The summed E-state index contributed by atoms with van der Waals surface area (Å²) >= 11 is 0. The molecule has 0 radical (unpaired) electrons. The van der Waals surface area contributed by atoms with E-state index in [1.807, 2.05) is 23.0 Å². The molecule has 9 rings (SSSR count). The zero-order chi connectivity index (χ0) is 38.9. The number of carbonyl (C=O) groups excluding carboxylic acids is 3. The third-order valence-corrected chi connectivity index (χ3v) is 12.7. The maximum Gasteiger partial charge on any atom is 0.433 e. The van der Waals surface area contributed by atoms with Crippen LogP contribution in [0, 0.1) is 5.92 Å². The Morgan fingerprint density at radius 3 is 2.38 bits per heavy atom. The molecule has 3 saturated heterocycles. The second-order valence-corrected chi connectivity index (χ2v) is 16.1. The number of piperidine rings is 2. The van der Waals surface area contributed by atoms with Crippen LogP contribution in [-0.4, -0.2) is 65.1 Å². The van der Waals surface area contributed by atoms with Crippen LogP contribution in [0.15, 0.2) is 65.6 Å². The summed E-state index contributed by atoms with van der Waals surface area (Å²) in [5.74, 6) is -0.536. The van der Waals surface area contributed by atoms with Crippen LogP contribution in [0.2, 0.25) is 0 Å². The Morgan fingerprint density at radius 2 is 1.64 bits per heavy atom. The van der Waals surface area contributed by atoms with Crippen LogP contribution in [-0.2, 0) is 22.8 Å². The lowest BCUT2D eigenvalue weighted by atomic mass is 9.82. The molecule has 4 fully saturated rings. The minimum absolute atomic E-state index is 0.212. The first-order valence-electron chi connectivity index (χ1n) is 19.5. The molecule has 3 amide bonds. The molecule has 0 spiro atoms. The molecule has 3 aliphatic heterocycles. The molecule has 292 valence electrons. The Balaban J connectivity index is 0.828. The van der Waals surface area contributed by atoms with Crippen LogP contribution < -0.4 is 16.3 Å². The van der Waals surface area contributed by atoms with Crippen molar-refractivity contribution in [2.75, 3.05) is 11.9 Å². The fourth-order valence-corrected chi connectivity index (χ4v) is 9.97. The van der Waals surface area contributed by atoms with E-state index in [0.717, 1.165) is 73.1 Å². The highest BCUT2D eigenvalue weighted by atomic mass is 19.4. The van der Waals surface area contributed by atoms with Crippen molar-refractivity contribution in [1.29, 1.82) is 0 Å². The van der Waals surface area contributed by atoms with E-state index in [0.29, 0.717) is 36.0 Å². The number of imide groups is 1. The van der Waals surface area contributed by atoms with Crippen molar-refractivity contribution in [2.24, 2.45) is 13.0 Å². The molecule has 5 aromatic rings. The van der Waals surface area contributed by atoms with Gasteiger partial charge in [-0.2, -0.15) is 18.3 Å². The molecule has 12 nitrogen and oxygen atoms in total. The van der Waals surface area contributed by atoms with Crippen molar-refractivity contribution in [2.45, 2.75) is 100 Å². The van der Waals surface area contributed by atoms with Gasteiger partial charge in [-0.25, -0.2) is 9.78 Å². The van der Waals surface area contributed by atoms with Gasteiger partial charge in [0.2, 0.25) is 11.8 Å². The predicted molar refractivity (Wildman–Crippen MR) is 202 cm³/mol. The van der Waals surface area contributed by atoms with E-state index < -0.39 is 29.7 Å². The van der Waals surface area contributed by atoms with E-state index in [9.17, 15) is 32.3 Å². The zero-order valence-corrected chi connectivity index (χ0v) is 31.0. The van der Waals surface area contributed by atoms with Gasteiger partial charge in [0, 0.05) is 49.4 Å². The highest BCUT2D eigenvalue weighted by Gasteiger charge is 2.43. The molecule has 1 saturated carbocycles. The monoisotopic (exact) mass is 768 g/mol. The lowest BCUT2D eigenvalue weighted by molar-refractivity contribution is -0.141. The van der Waals surface area contributed by atoms with Crippen molar-refractivity contribution < 1.29 is 27.6 Å². The fraction of sp³-hybridized carbons (Fsp3) is 0.463. The normalized spacial score (nSPS) is 25.9. The number of hydrogen-bond acceptors (Lipinski definition) is 7. The standard InChI is InChI=1S/C41H43F3N8O4/c1-49-37-30(4-2-6-33(37)52(40(49)56)34-16-17-36(53)47-39(34)55)24-19-28-13-14-29(20-24)50(28)21-23-8-11-27(12-9-23)51-22-25-18-26(10-15-31(25)48-51)45-38(54)32-5-3-7-35(46-32)41(42,43)44/h2-7,10,15,18,22-24,27-29,34H,8-9,11-14,16-17,19-21H2,1H3,(H,45,54)(H,47,53,55)/t23-,24?,27-,28-,29+,34?. The van der Waals surface area contributed by atoms with Gasteiger partial charge in [0.05, 0.1) is 22.6 Å². The molecule has 2 unspecified atom stereocenters. The smallest absolute Gasteiger partial charge is 0.321 e. The number of hydrogen-bond donors (Lipinski definition) is 2. The molecule has 15 heteroatoms. The van der Waals surface area contributed by atoms with E-state index in [4.69, 9.17) is 5.10 Å². The number of benzene rings is 2. The zero-order valence-electron chi connectivity index (χ0n) is 31.0. The van der Waals surface area contributed by atoms with Crippen LogP contribution >= 0.6 is 0 Å². The summed E-state index contributed by atoms with van der Waals surface area (Å²) in [6.07, 6.45) is 6.48. The summed E-state index contributed by atoms with van der Waals surface area (Å²) < 4.78 is 44.6. The molecule has 56 heavy (non-hydrogen) atoms. The molecule has 2 N–H and O–H groups in total. The number of anilines is 1. The van der Waals surface area contributed by atoms with Crippen LogP contribution in [0.25, 0.3) is 21.9 Å². The molecule has 4 aliphatic rings. The second kappa shape index (κ2) is 14.0. The van der Waals surface area contributed by atoms with E-state index in [1.54, 1.807) is 34.4 Å². The van der Waals surface area contributed by atoms with Gasteiger partial charge < -0.3 is 5.32 Å². The van der Waals surface area contributed by atoms with E-state index >= 15 is 0 Å². The van der Waals surface area contributed by atoms with Crippen LogP contribution in [0.5, 0.6) is 0 Å². The number of aromatic nitrogens is 5. The molecular formula is C41H43F3N8O4. The number of halogens is 3. The first-order valence-corrected chi connectivity index (χ1v) is 19.5. The third-order valence-electron chi connectivity index (χ3n) is 12.7. The number of imidazole rings is 1. The van der Waals surface area contributed by atoms with Gasteiger partial charge >= 0.3 is 11.9 Å². The average molecular weight is 769 g/mol. The molecule has 4 atom stereocenters. The Kier molecular flexibility index (Phi) is 9.09. The van der Waals surface area contributed by atoms with Crippen LogP contribution in [0.4, 0.5) is 18.9 Å². The highest BCUT2D eigenvalue weighted by molar-refractivity contribution is 6.04. The Morgan fingerprint density at radius 1 is 0.911 bits per heavy atom. The van der Waals surface area contributed by atoms with Crippen molar-refractivity contribution in [3.63, 3.8) is 0 Å². The predicted octanol–water partition coefficient (Wildman–Crippen LogP) is 6.48. The number of carbonyl (C=O) groups is 3. The lowest BCUT2D eigenvalue weighted by Crippen LogP contribution is -2.45. The number of aryl methyl sites for hydroxylation is 1. The van der Waals surface area contributed by atoms with Crippen molar-refractivity contribution in [3.05, 3.63) is 88.2 Å². The Labute approximate surface area is 320 Å². The quantitative estimate of drug-likeness (QED) is 0.181. The second-order valence-electron chi connectivity index (χ2n) is 16.1. The number of alkyl halides is 3. The molecule has 2 bridgehead atoms. The topological polar surface area (TPSA) is 136 Å². The van der Waals surface area contributed by atoms with Crippen LogP contribution in [0.1, 0.15) is 104 Å². The summed E-state index contributed by atoms with van der Waals surface area (Å²) in [5, 5.41) is 10.7. The van der Waals surface area contributed by atoms with Crippen molar-refractivity contribution in [3.8, 4) is 0 Å². The van der Waals surface area contributed by atoms with E-state index in [1.165, 1.54) is 30.5 Å². The van der Waals surface area contributed by atoms with E-state index in [2.05, 4.69) is 26.6 Å². The van der Waals surface area contributed by atoms with Gasteiger partial charge in [-0.3, -0.25) is 38.4 Å². The number of amides is 3. The highest BCUT2D eigenvalue weighted by Crippen LogP contribution is 2.46. The molecule has 6 heterocycles. The minimum Gasteiger partial charge on any atom is -0.321 e. The van der Waals surface area contributed by atoms with Gasteiger partial charge in [-0.1, -0.05) is 18.2 Å². The van der Waals surface area contributed by atoms with Gasteiger partial charge in [-0.05, 0) is 112 Å². The number of para-hydroxylation sites is 1. The average Bonchev–Trinajstić information content (AvgIpc) is 3.79. The SMILES string of the molecule is Cn1c(=O)n(C2CCC(=O)NC2=O)c2cccc(C3C[C@H]4CC[C@@H](C3)N4C[C@H]3CC[C@H](n4cc5cc(NC(=O)c6cccc(C(F)(F)F)n6)ccc5n4)CC3)c21. The van der Waals surface area contributed by atoms with Crippen molar-refractivity contribution in [1.82, 2.24) is 34.1 Å². The molecule has 2 aromatic carbocycles. The van der Waals surface area contributed by atoms with Crippen molar-refractivity contribution >= 4 is 45.3 Å². The summed E-state index contributed by atoms with van der Waals surface area (Å²) in [6, 6.07) is 15.1. The maximum atomic E-state index is 13.6. The molecule has 1 aliphatic carbocycles. The molecule has 3 aromatic heterocycles. The maximum absolute atomic E-state index is 13.6. The number of nitrogens with zero attached hydrogens (tertiary/aromatic N) is 6. The van der Waals surface area contributed by atoms with Gasteiger partial charge in [0.1, 0.15) is 17.4 Å². The largest absolute Gasteiger partial charge is 0.433 e. The molecular weight excluding hydrogens is 725 g/mol. The third kappa shape index (κ3) is 6.58. The number of fused-ring (bicyclic) bond motifs is 4. The lowest BCUT2D eigenvalue weighted by Gasteiger charge is -2.42. The Hall–Kier alpha value is -5.31. The first-order chi connectivity index (χ1) is 26.9. The summed E-state index contributed by atoms with van der Waals surface area (Å²) in [7, 11) is 1.78. The Bertz CT molecular complexity index is 2410. The van der Waals surface area contributed by atoms with Gasteiger partial charge in [-0.15, -0.1) is 0 Å². The first kappa shape index (κ1) is 36.3. The number of pyridine rings is 1. The number of nitrogens with one attached hydrogen (secondary N) is 2. The van der Waals surface area contributed by atoms with Gasteiger partial charge in [0.25, 0.3) is 5.91 Å². The summed E-state index contributed by atoms with van der Waals surface area (Å²) in [6.45, 7) is 1.08. The minimum atomic E-state index is -4.64. The summed E-state index contributed by atoms with van der Waals surface area (Å²) in [5.41, 5.74) is 2.38. The van der Waals surface area contributed by atoms with E-state index in [-0.39, 0.29) is 29.8 Å². The fourth-order valence-electron chi connectivity index (χ4n) is 9.97. The summed E-state index contributed by atoms with van der Waals surface area (Å²) in [4.78, 5) is 57.1. The number of rotatable bonds is 7. The van der Waals surface area contributed by atoms with Gasteiger partial charge in [0.15, 0.2) is 0 Å². The van der Waals surface area contributed by atoms with Crippen LogP contribution in [0.3, 0.4) is 0 Å².